The van der Waals surface area contributed by atoms with Gasteiger partial charge in [0.25, 0.3) is 5.91 Å². The molecule has 2 fully saturated rings. The minimum absolute atomic E-state index is 0.0282. The Kier molecular flexibility index (Phi) is 6.72. The number of nitrogens with one attached hydrogen (secondary N) is 2. The minimum Gasteiger partial charge on any atom is -0.481 e. The Morgan fingerprint density at radius 2 is 1.63 bits per heavy atom. The molecule has 1 saturated heterocycles. The molecule has 1 heterocycles. The highest BCUT2D eigenvalue weighted by Crippen LogP contribution is 2.44. The molecule has 0 bridgehead atoms. The summed E-state index contributed by atoms with van der Waals surface area (Å²) in [6.45, 7) is 1.09. The third kappa shape index (κ3) is 5.03. The molecule has 5 rings (SSSR count). The molecule has 35 heavy (non-hydrogen) atoms. The van der Waals surface area contributed by atoms with Crippen molar-refractivity contribution in [3.63, 3.8) is 0 Å². The van der Waals surface area contributed by atoms with E-state index >= 15 is 0 Å². The molecule has 2 atom stereocenters. The number of aliphatic carboxylic acids is 1. The number of fused-ring (bicyclic) bond motifs is 3. The summed E-state index contributed by atoms with van der Waals surface area (Å²) < 4.78 is 11.2. The molecule has 0 radical (unpaired) electrons. The quantitative estimate of drug-likeness (QED) is 0.537. The van der Waals surface area contributed by atoms with E-state index in [-0.39, 0.29) is 30.8 Å². The third-order valence-corrected chi connectivity index (χ3v) is 7.36. The Balaban J connectivity index is 1.11. The molecular formula is C27H30N2O6. The van der Waals surface area contributed by atoms with Crippen molar-refractivity contribution in [2.24, 2.45) is 11.8 Å². The van der Waals surface area contributed by atoms with Gasteiger partial charge in [0, 0.05) is 25.5 Å². The summed E-state index contributed by atoms with van der Waals surface area (Å²) in [7, 11) is 0. The van der Waals surface area contributed by atoms with Crippen LogP contribution in [0.3, 0.4) is 0 Å². The summed E-state index contributed by atoms with van der Waals surface area (Å²) in [4.78, 5) is 36.1. The topological polar surface area (TPSA) is 114 Å². The van der Waals surface area contributed by atoms with Crippen molar-refractivity contribution in [2.45, 2.75) is 43.7 Å². The van der Waals surface area contributed by atoms with Crippen LogP contribution in [0.25, 0.3) is 11.1 Å². The molecule has 3 N–H and O–H groups in total. The van der Waals surface area contributed by atoms with Gasteiger partial charge in [-0.2, -0.15) is 0 Å². The highest BCUT2D eigenvalue weighted by Gasteiger charge is 2.37. The molecule has 8 nitrogen and oxygen atoms in total. The molecule has 0 unspecified atom stereocenters. The van der Waals surface area contributed by atoms with Gasteiger partial charge in [-0.3, -0.25) is 9.59 Å². The minimum atomic E-state index is -0.779. The number of benzene rings is 2. The monoisotopic (exact) mass is 478 g/mol. The summed E-state index contributed by atoms with van der Waals surface area (Å²) >= 11 is 0. The highest BCUT2D eigenvalue weighted by atomic mass is 16.6. The average Bonchev–Trinajstić information content (AvgIpc) is 3.41. The van der Waals surface area contributed by atoms with E-state index in [1.165, 1.54) is 11.1 Å². The van der Waals surface area contributed by atoms with Crippen LogP contribution in [0, 0.1) is 11.8 Å². The van der Waals surface area contributed by atoms with Crippen LogP contribution in [-0.2, 0) is 19.1 Å². The van der Waals surface area contributed by atoms with Gasteiger partial charge in [0.15, 0.2) is 6.10 Å². The molecular weight excluding hydrogens is 448 g/mol. The van der Waals surface area contributed by atoms with Gasteiger partial charge in [-0.25, -0.2) is 4.79 Å². The number of alkyl carbamates (subject to hydrolysis) is 1. The molecule has 2 amide bonds. The van der Waals surface area contributed by atoms with Crippen LogP contribution in [0.5, 0.6) is 0 Å². The fourth-order valence-electron chi connectivity index (χ4n) is 5.59. The Hall–Kier alpha value is -3.39. The van der Waals surface area contributed by atoms with Gasteiger partial charge in [-0.15, -0.1) is 0 Å². The Morgan fingerprint density at radius 1 is 0.971 bits per heavy atom. The number of hydrogen-bond acceptors (Lipinski definition) is 5. The summed E-state index contributed by atoms with van der Waals surface area (Å²) in [6, 6.07) is 15.9. The number of carboxylic acid groups (broad SMARTS) is 1. The fourth-order valence-corrected chi connectivity index (χ4v) is 5.59. The standard InChI is InChI=1S/C27H30N2O6/c30-24(31)13-16-11-17(12-16)14-28-26(32)25-23(9-10-34-25)29-27(33)35-15-22-20-7-3-1-5-18(20)19-6-2-4-8-21(19)22/h1-8,16-17,22-23,25H,9-15H2,(H,28,32)(H,29,33)(H,30,31)/t16?,17?,23-,25+/m1/s1. The van der Waals surface area contributed by atoms with Gasteiger partial charge in [0.2, 0.25) is 0 Å². The van der Waals surface area contributed by atoms with E-state index in [1.807, 2.05) is 24.3 Å². The summed E-state index contributed by atoms with van der Waals surface area (Å²) in [5.41, 5.74) is 4.62. The zero-order valence-corrected chi connectivity index (χ0v) is 19.4. The Labute approximate surface area is 204 Å². The number of carbonyl (C=O) groups excluding carboxylic acids is 2. The molecule has 0 aromatic heterocycles. The fraction of sp³-hybridized carbons (Fsp3) is 0.444. The first-order valence-electron chi connectivity index (χ1n) is 12.2. The highest BCUT2D eigenvalue weighted by molar-refractivity contribution is 5.83. The van der Waals surface area contributed by atoms with Gasteiger partial charge in [-0.05, 0) is 53.4 Å². The molecule has 8 heteroatoms. The molecule has 0 spiro atoms. The van der Waals surface area contributed by atoms with Crippen molar-refractivity contribution in [2.75, 3.05) is 19.8 Å². The molecule has 2 aromatic carbocycles. The smallest absolute Gasteiger partial charge is 0.407 e. The largest absolute Gasteiger partial charge is 0.481 e. The van der Waals surface area contributed by atoms with Gasteiger partial charge >= 0.3 is 12.1 Å². The second kappa shape index (κ2) is 10.1. The maximum atomic E-state index is 12.7. The predicted octanol–water partition coefficient (Wildman–Crippen LogP) is 3.30. The van der Waals surface area contributed by atoms with E-state index in [1.54, 1.807) is 0 Å². The lowest BCUT2D eigenvalue weighted by Crippen LogP contribution is -2.49. The van der Waals surface area contributed by atoms with Crippen LogP contribution in [0.1, 0.15) is 42.7 Å². The SMILES string of the molecule is O=C(O)CC1CC(CNC(=O)[C@H]2OCC[C@H]2NC(=O)OCC2c3ccccc3-c3ccccc32)C1. The van der Waals surface area contributed by atoms with Crippen LogP contribution in [0.4, 0.5) is 4.79 Å². The van der Waals surface area contributed by atoms with Crippen molar-refractivity contribution < 1.29 is 29.0 Å². The van der Waals surface area contributed by atoms with Crippen LogP contribution in [0.2, 0.25) is 0 Å². The molecule has 1 saturated carbocycles. The first-order valence-corrected chi connectivity index (χ1v) is 12.2. The maximum Gasteiger partial charge on any atom is 0.407 e. The summed E-state index contributed by atoms with van der Waals surface area (Å²) in [5.74, 6) is -0.579. The number of ether oxygens (including phenoxy) is 2. The normalized spacial score (nSPS) is 24.7. The van der Waals surface area contributed by atoms with Crippen LogP contribution >= 0.6 is 0 Å². The lowest BCUT2D eigenvalue weighted by atomic mass is 9.73. The van der Waals surface area contributed by atoms with Gasteiger partial charge in [0.1, 0.15) is 6.61 Å². The van der Waals surface area contributed by atoms with Gasteiger partial charge in [-0.1, -0.05) is 48.5 Å². The van der Waals surface area contributed by atoms with E-state index in [4.69, 9.17) is 14.6 Å². The van der Waals surface area contributed by atoms with Crippen molar-refractivity contribution in [1.29, 1.82) is 0 Å². The number of carbonyl (C=O) groups is 3. The summed E-state index contributed by atoms with van der Waals surface area (Å²) in [5, 5.41) is 14.6. The third-order valence-electron chi connectivity index (χ3n) is 7.36. The Morgan fingerprint density at radius 3 is 2.29 bits per heavy atom. The van der Waals surface area contributed by atoms with E-state index in [9.17, 15) is 14.4 Å². The first-order chi connectivity index (χ1) is 17.0. The van der Waals surface area contributed by atoms with Crippen molar-refractivity contribution in [3.05, 3.63) is 59.7 Å². The second-order valence-corrected chi connectivity index (χ2v) is 9.70. The average molecular weight is 479 g/mol. The molecule has 2 aromatic rings. The molecule has 2 aliphatic carbocycles. The first kappa shape index (κ1) is 23.4. The van der Waals surface area contributed by atoms with Crippen molar-refractivity contribution in [3.8, 4) is 11.1 Å². The van der Waals surface area contributed by atoms with Crippen LogP contribution in [-0.4, -0.2) is 55.0 Å². The van der Waals surface area contributed by atoms with E-state index in [0.717, 1.165) is 24.0 Å². The second-order valence-electron chi connectivity index (χ2n) is 9.70. The van der Waals surface area contributed by atoms with E-state index in [2.05, 4.69) is 34.9 Å². The number of rotatable bonds is 8. The predicted molar refractivity (Wildman–Crippen MR) is 128 cm³/mol. The number of amides is 2. The lowest BCUT2D eigenvalue weighted by molar-refractivity contribution is -0.139. The van der Waals surface area contributed by atoms with Crippen molar-refractivity contribution >= 4 is 18.0 Å². The van der Waals surface area contributed by atoms with Crippen molar-refractivity contribution in [1.82, 2.24) is 10.6 Å². The van der Waals surface area contributed by atoms with E-state index < -0.39 is 24.2 Å². The van der Waals surface area contributed by atoms with Crippen LogP contribution in [0.15, 0.2) is 48.5 Å². The summed E-state index contributed by atoms with van der Waals surface area (Å²) in [6.07, 6.45) is 1.01. The molecule has 184 valence electrons. The Bertz CT molecular complexity index is 1070. The number of carboxylic acids is 1. The van der Waals surface area contributed by atoms with Gasteiger partial charge < -0.3 is 25.2 Å². The number of hydrogen-bond donors (Lipinski definition) is 3. The molecule has 3 aliphatic rings. The molecule has 1 aliphatic heterocycles. The zero-order chi connectivity index (χ0) is 24.4. The van der Waals surface area contributed by atoms with E-state index in [0.29, 0.717) is 25.5 Å². The van der Waals surface area contributed by atoms with Crippen LogP contribution < -0.4 is 10.6 Å². The maximum absolute atomic E-state index is 12.7. The zero-order valence-electron chi connectivity index (χ0n) is 19.4. The lowest BCUT2D eigenvalue weighted by Gasteiger charge is -2.34. The van der Waals surface area contributed by atoms with Gasteiger partial charge in [0.05, 0.1) is 6.04 Å².